The quantitative estimate of drug-likeness (QED) is 0.670. The fourth-order valence-electron chi connectivity index (χ4n) is 2.97. The number of hydrogen-bond acceptors (Lipinski definition) is 5. The van der Waals surface area contributed by atoms with E-state index in [1.807, 2.05) is 0 Å². The Hall–Kier alpha value is -0.200. The smallest absolute Gasteiger partial charge is 0.184 e. The van der Waals surface area contributed by atoms with E-state index in [0.717, 1.165) is 25.7 Å². The summed E-state index contributed by atoms with van der Waals surface area (Å²) in [7, 11) is 0. The van der Waals surface area contributed by atoms with Crippen LogP contribution in [0.25, 0.3) is 0 Å². The third kappa shape index (κ3) is 1.58. The highest BCUT2D eigenvalue weighted by molar-refractivity contribution is 4.97. The van der Waals surface area contributed by atoms with Crippen molar-refractivity contribution in [3.05, 3.63) is 0 Å². The molecular formula is C11H18O5. The van der Waals surface area contributed by atoms with Gasteiger partial charge in [0.25, 0.3) is 0 Å². The van der Waals surface area contributed by atoms with Crippen molar-refractivity contribution in [3.63, 3.8) is 0 Å². The van der Waals surface area contributed by atoms with E-state index in [0.29, 0.717) is 0 Å². The summed E-state index contributed by atoms with van der Waals surface area (Å²) in [5.74, 6) is -0.522. The lowest BCUT2D eigenvalue weighted by atomic mass is 9.94. The summed E-state index contributed by atoms with van der Waals surface area (Å²) in [6.45, 7) is -0.141. The van der Waals surface area contributed by atoms with Gasteiger partial charge in [-0.1, -0.05) is 6.42 Å². The lowest BCUT2D eigenvalue weighted by molar-refractivity contribution is -0.249. The summed E-state index contributed by atoms with van der Waals surface area (Å²) in [6.07, 6.45) is 2.99. The van der Waals surface area contributed by atoms with Crippen molar-refractivity contribution in [3.8, 4) is 0 Å². The molecule has 2 saturated heterocycles. The van der Waals surface area contributed by atoms with E-state index >= 15 is 0 Å². The van der Waals surface area contributed by atoms with Crippen molar-refractivity contribution in [2.45, 2.75) is 62.5 Å². The first kappa shape index (κ1) is 10.9. The molecule has 0 unspecified atom stereocenters. The van der Waals surface area contributed by atoms with Gasteiger partial charge in [0.15, 0.2) is 12.1 Å². The molecule has 0 aromatic carbocycles. The average Bonchev–Trinajstić information content (AvgIpc) is 2.78. The standard InChI is InChI=1S/C11H18O5/c12-6-7-8-9(10(13)14-7)16-11(15-8)4-2-1-3-5-11/h7-10,12-13H,1-6H2/t7-,8+,9-,10+/m1/s1. The van der Waals surface area contributed by atoms with Gasteiger partial charge >= 0.3 is 0 Å². The van der Waals surface area contributed by atoms with Crippen molar-refractivity contribution >= 4 is 0 Å². The largest absolute Gasteiger partial charge is 0.394 e. The van der Waals surface area contributed by atoms with Crippen molar-refractivity contribution in [2.75, 3.05) is 6.61 Å². The molecule has 5 heteroatoms. The lowest BCUT2D eigenvalue weighted by Gasteiger charge is -2.33. The molecule has 0 aromatic rings. The molecule has 3 fully saturated rings. The molecule has 1 saturated carbocycles. The van der Waals surface area contributed by atoms with Gasteiger partial charge < -0.3 is 24.4 Å². The van der Waals surface area contributed by atoms with E-state index in [1.165, 1.54) is 6.42 Å². The molecule has 2 heterocycles. The summed E-state index contributed by atoms with van der Waals surface area (Å²) < 4.78 is 16.9. The molecule has 3 rings (SSSR count). The Morgan fingerprint density at radius 1 is 1.06 bits per heavy atom. The molecule has 16 heavy (non-hydrogen) atoms. The summed E-state index contributed by atoms with van der Waals surface area (Å²) in [6, 6.07) is 0. The van der Waals surface area contributed by atoms with Crippen molar-refractivity contribution in [2.24, 2.45) is 0 Å². The third-order valence-electron chi connectivity index (χ3n) is 3.78. The van der Waals surface area contributed by atoms with E-state index in [-0.39, 0.29) is 12.7 Å². The third-order valence-corrected chi connectivity index (χ3v) is 3.78. The minimum Gasteiger partial charge on any atom is -0.394 e. The maximum Gasteiger partial charge on any atom is 0.184 e. The molecule has 0 amide bonds. The van der Waals surface area contributed by atoms with Crippen molar-refractivity contribution < 1.29 is 24.4 Å². The highest BCUT2D eigenvalue weighted by Crippen LogP contribution is 2.45. The minimum atomic E-state index is -0.969. The molecule has 5 nitrogen and oxygen atoms in total. The van der Waals surface area contributed by atoms with Crippen LogP contribution in [0, 0.1) is 0 Å². The number of fused-ring (bicyclic) bond motifs is 1. The second kappa shape index (κ2) is 3.92. The van der Waals surface area contributed by atoms with Gasteiger partial charge in [0, 0.05) is 12.8 Å². The Morgan fingerprint density at radius 2 is 1.75 bits per heavy atom. The SMILES string of the molecule is OC[C@H]1O[C@H](O)[C@@H]2OC3(CCCCC3)O[C@H]21. The van der Waals surface area contributed by atoms with Crippen LogP contribution in [0.3, 0.4) is 0 Å². The fraction of sp³-hybridized carbons (Fsp3) is 1.00. The zero-order valence-electron chi connectivity index (χ0n) is 9.17. The molecule has 0 radical (unpaired) electrons. The van der Waals surface area contributed by atoms with E-state index < -0.39 is 24.3 Å². The minimum absolute atomic E-state index is 0.141. The summed E-state index contributed by atoms with van der Waals surface area (Å²) in [5.41, 5.74) is 0. The Bertz CT molecular complexity index is 263. The normalized spacial score (nSPS) is 46.1. The fourth-order valence-corrected chi connectivity index (χ4v) is 2.97. The first-order chi connectivity index (χ1) is 7.74. The number of aliphatic hydroxyl groups is 2. The van der Waals surface area contributed by atoms with Gasteiger partial charge in [-0.3, -0.25) is 0 Å². The molecule has 4 atom stereocenters. The number of rotatable bonds is 1. The highest BCUT2D eigenvalue weighted by Gasteiger charge is 2.57. The van der Waals surface area contributed by atoms with Crippen LogP contribution in [0.15, 0.2) is 0 Å². The number of ether oxygens (including phenoxy) is 3. The second-order valence-corrected chi connectivity index (χ2v) is 4.88. The van der Waals surface area contributed by atoms with Crippen LogP contribution < -0.4 is 0 Å². The number of aliphatic hydroxyl groups excluding tert-OH is 2. The predicted molar refractivity (Wildman–Crippen MR) is 53.5 cm³/mol. The molecule has 3 aliphatic rings. The van der Waals surface area contributed by atoms with Gasteiger partial charge in [0.1, 0.15) is 18.3 Å². The van der Waals surface area contributed by atoms with E-state index in [9.17, 15) is 5.11 Å². The first-order valence-corrected chi connectivity index (χ1v) is 6.04. The summed E-state index contributed by atoms with van der Waals surface area (Å²) >= 11 is 0. The van der Waals surface area contributed by atoms with E-state index in [4.69, 9.17) is 19.3 Å². The predicted octanol–water partition coefficient (Wildman–Crippen LogP) is 0.140. The maximum atomic E-state index is 9.68. The van der Waals surface area contributed by atoms with Gasteiger partial charge in [-0.25, -0.2) is 0 Å². The molecule has 2 N–H and O–H groups in total. The zero-order chi connectivity index (χ0) is 11.2. The average molecular weight is 230 g/mol. The Balaban J connectivity index is 1.76. The van der Waals surface area contributed by atoms with Crippen LogP contribution in [0.5, 0.6) is 0 Å². The van der Waals surface area contributed by atoms with Crippen LogP contribution in [0.1, 0.15) is 32.1 Å². The topological polar surface area (TPSA) is 68.2 Å². The Labute approximate surface area is 94.3 Å². The van der Waals surface area contributed by atoms with Gasteiger partial charge in [-0.15, -0.1) is 0 Å². The second-order valence-electron chi connectivity index (χ2n) is 4.88. The van der Waals surface area contributed by atoms with Crippen LogP contribution in [-0.2, 0) is 14.2 Å². The van der Waals surface area contributed by atoms with Gasteiger partial charge in [0.05, 0.1) is 6.61 Å². The maximum absolute atomic E-state index is 9.68. The molecule has 0 bridgehead atoms. The van der Waals surface area contributed by atoms with Crippen molar-refractivity contribution in [1.82, 2.24) is 0 Å². The molecule has 0 aromatic heterocycles. The first-order valence-electron chi connectivity index (χ1n) is 6.04. The molecule has 2 aliphatic heterocycles. The van der Waals surface area contributed by atoms with Gasteiger partial charge in [0.2, 0.25) is 0 Å². The lowest BCUT2D eigenvalue weighted by Crippen LogP contribution is -2.37. The molecule has 1 aliphatic carbocycles. The van der Waals surface area contributed by atoms with Crippen molar-refractivity contribution in [1.29, 1.82) is 0 Å². The summed E-state index contributed by atoms with van der Waals surface area (Å²) in [4.78, 5) is 0. The van der Waals surface area contributed by atoms with Crippen LogP contribution in [-0.4, -0.2) is 47.2 Å². The van der Waals surface area contributed by atoms with Gasteiger partial charge in [-0.2, -0.15) is 0 Å². The van der Waals surface area contributed by atoms with E-state index in [2.05, 4.69) is 0 Å². The monoisotopic (exact) mass is 230 g/mol. The molecular weight excluding hydrogens is 212 g/mol. The van der Waals surface area contributed by atoms with Crippen LogP contribution in [0.4, 0.5) is 0 Å². The van der Waals surface area contributed by atoms with Crippen LogP contribution in [0.2, 0.25) is 0 Å². The molecule has 92 valence electrons. The molecule has 1 spiro atoms. The van der Waals surface area contributed by atoms with Gasteiger partial charge in [-0.05, 0) is 12.8 Å². The summed E-state index contributed by atoms with van der Waals surface area (Å²) in [5, 5.41) is 18.8. The van der Waals surface area contributed by atoms with E-state index in [1.54, 1.807) is 0 Å². The Morgan fingerprint density at radius 3 is 2.44 bits per heavy atom. The number of hydrogen-bond donors (Lipinski definition) is 2. The zero-order valence-corrected chi connectivity index (χ0v) is 9.17. The Kier molecular flexibility index (Phi) is 2.68. The highest BCUT2D eigenvalue weighted by atomic mass is 16.8. The van der Waals surface area contributed by atoms with Crippen LogP contribution >= 0.6 is 0 Å².